The lowest BCUT2D eigenvalue weighted by Crippen LogP contribution is -2.25. The normalized spacial score (nSPS) is 13.2. The zero-order valence-corrected chi connectivity index (χ0v) is 25.7. The summed E-state index contributed by atoms with van der Waals surface area (Å²) in [5.41, 5.74) is 2.01. The van der Waals surface area contributed by atoms with Gasteiger partial charge in [0.1, 0.15) is 49.3 Å². The van der Waals surface area contributed by atoms with Crippen LogP contribution in [-0.2, 0) is 10.2 Å². The number of aliphatic hydroxyl groups excluding tert-OH is 2. The van der Waals surface area contributed by atoms with E-state index < -0.39 is 12.2 Å². The van der Waals surface area contributed by atoms with Gasteiger partial charge < -0.3 is 29.2 Å². The summed E-state index contributed by atoms with van der Waals surface area (Å²) in [5, 5.41) is 20.1. The average molecular weight is 703 g/mol. The first kappa shape index (κ1) is 29.9. The van der Waals surface area contributed by atoms with E-state index in [4.69, 9.17) is 18.9 Å². The van der Waals surface area contributed by atoms with E-state index in [-0.39, 0.29) is 31.8 Å². The number of rotatable bonds is 13. The van der Waals surface area contributed by atoms with Gasteiger partial charge in [-0.15, -0.1) is 0 Å². The summed E-state index contributed by atoms with van der Waals surface area (Å²) in [6.45, 7) is 4.92. The fourth-order valence-corrected chi connectivity index (χ4v) is 6.11. The molecule has 0 radical (unpaired) electrons. The predicted octanol–water partition coefficient (Wildman–Crippen LogP) is 6.50. The molecule has 0 saturated carbocycles. The summed E-state index contributed by atoms with van der Waals surface area (Å²) in [6, 6.07) is 19.5. The first-order chi connectivity index (χ1) is 17.6. The number of aliphatic hydroxyl groups is 2. The van der Waals surface area contributed by atoms with Crippen molar-refractivity contribution in [2.24, 2.45) is 0 Å². The van der Waals surface area contributed by atoms with Gasteiger partial charge in [-0.1, -0.05) is 54.0 Å². The Hall–Kier alpha value is -1.62. The van der Waals surface area contributed by atoms with Gasteiger partial charge in [0.2, 0.25) is 0 Å². The summed E-state index contributed by atoms with van der Waals surface area (Å²) >= 11 is 10.4. The quantitative estimate of drug-likeness (QED) is 0.212. The molecule has 3 rings (SSSR count). The van der Waals surface area contributed by atoms with Crippen LogP contribution in [0, 0.1) is 0 Å². The average Bonchev–Trinajstić information content (AvgIpc) is 2.86. The summed E-state index contributed by atoms with van der Waals surface area (Å²) in [7, 11) is 1.54. The van der Waals surface area contributed by atoms with Crippen LogP contribution in [-0.4, -0.2) is 56.0 Å². The molecule has 3 aromatic rings. The van der Waals surface area contributed by atoms with E-state index in [2.05, 4.69) is 61.6 Å². The van der Waals surface area contributed by atoms with Crippen molar-refractivity contribution >= 4 is 47.8 Å². The van der Waals surface area contributed by atoms with Gasteiger partial charge >= 0.3 is 0 Å². The number of hydrogen-bond acceptors (Lipinski definition) is 6. The van der Waals surface area contributed by atoms with E-state index >= 15 is 0 Å². The fourth-order valence-electron chi connectivity index (χ4n) is 3.62. The molecule has 0 aliphatic heterocycles. The Morgan fingerprint density at radius 3 is 1.51 bits per heavy atom. The summed E-state index contributed by atoms with van der Waals surface area (Å²) in [6.07, 6.45) is -1.46. The second kappa shape index (κ2) is 14.0. The zero-order chi connectivity index (χ0) is 27.0. The highest BCUT2D eigenvalue weighted by Crippen LogP contribution is 2.37. The maximum atomic E-state index is 10.3. The first-order valence-corrected chi connectivity index (χ1v) is 14.1. The fraction of sp³-hybridized carbons (Fsp3) is 0.357. The monoisotopic (exact) mass is 700 g/mol. The van der Waals surface area contributed by atoms with Gasteiger partial charge in [0, 0.05) is 17.0 Å². The van der Waals surface area contributed by atoms with Crippen molar-refractivity contribution in [2.75, 3.05) is 33.5 Å². The Morgan fingerprint density at radius 1 is 0.676 bits per heavy atom. The third-order valence-corrected chi connectivity index (χ3v) is 7.41. The number of ether oxygens (including phenoxy) is 4. The molecule has 0 amide bonds. The topological polar surface area (TPSA) is 77.4 Å². The van der Waals surface area contributed by atoms with Gasteiger partial charge in [-0.2, -0.15) is 0 Å². The summed E-state index contributed by atoms with van der Waals surface area (Å²) in [5.74, 6) is 1.99. The van der Waals surface area contributed by atoms with Gasteiger partial charge in [0.05, 0.1) is 15.6 Å². The van der Waals surface area contributed by atoms with Gasteiger partial charge in [-0.3, -0.25) is 0 Å². The molecule has 2 atom stereocenters. The third-order valence-electron chi connectivity index (χ3n) is 5.78. The van der Waals surface area contributed by atoms with Gasteiger partial charge in [-0.25, -0.2) is 0 Å². The second-order valence-electron chi connectivity index (χ2n) is 9.07. The summed E-state index contributed by atoms with van der Waals surface area (Å²) in [4.78, 5) is 0. The molecule has 0 aliphatic carbocycles. The molecule has 0 fully saturated rings. The van der Waals surface area contributed by atoms with Gasteiger partial charge in [0.25, 0.3) is 0 Å². The molecule has 0 bridgehead atoms. The number of halogens is 3. The van der Waals surface area contributed by atoms with Crippen molar-refractivity contribution in [2.45, 2.75) is 31.5 Å². The molecule has 0 saturated heterocycles. The van der Waals surface area contributed by atoms with Crippen LogP contribution in [0.3, 0.4) is 0 Å². The van der Waals surface area contributed by atoms with E-state index in [1.807, 2.05) is 60.7 Å². The lowest BCUT2D eigenvalue weighted by Gasteiger charge is -2.26. The molecule has 0 heterocycles. The van der Waals surface area contributed by atoms with E-state index in [1.54, 1.807) is 7.11 Å². The molecule has 0 aliphatic rings. The van der Waals surface area contributed by atoms with E-state index in [0.717, 1.165) is 24.5 Å². The molecule has 3 aromatic carbocycles. The van der Waals surface area contributed by atoms with Crippen molar-refractivity contribution in [1.82, 2.24) is 0 Å². The van der Waals surface area contributed by atoms with Crippen LogP contribution in [0.25, 0.3) is 0 Å². The summed E-state index contributed by atoms with van der Waals surface area (Å²) < 4.78 is 24.6. The number of benzene rings is 3. The Bertz CT molecular complexity index is 1110. The standard InChI is InChI=1S/C28H31Br3O6/c1-28(2,18-4-8-23(9-5-18)35-15-21(32)14-34-3)19-6-10-24(11-7-19)36-16-22(33)17-37-27-25(30)12-20(29)13-26(27)31/h4-13,21-22,32-33H,14-17H2,1-3H3. The van der Waals surface area contributed by atoms with E-state index in [1.165, 1.54) is 0 Å². The van der Waals surface area contributed by atoms with Crippen molar-refractivity contribution in [1.29, 1.82) is 0 Å². The minimum atomic E-state index is -0.796. The van der Waals surface area contributed by atoms with Crippen LogP contribution in [0.1, 0.15) is 25.0 Å². The number of hydrogen-bond donors (Lipinski definition) is 2. The molecular formula is C28H31Br3O6. The SMILES string of the molecule is COCC(O)COc1ccc(C(C)(C)c2ccc(OCC(O)COc3c(Br)cc(Br)cc3Br)cc2)cc1. The Balaban J connectivity index is 1.52. The largest absolute Gasteiger partial charge is 0.491 e. The maximum Gasteiger partial charge on any atom is 0.147 e. The maximum absolute atomic E-state index is 10.3. The van der Waals surface area contributed by atoms with Crippen molar-refractivity contribution in [3.05, 3.63) is 85.2 Å². The van der Waals surface area contributed by atoms with E-state index in [9.17, 15) is 10.2 Å². The molecule has 6 nitrogen and oxygen atoms in total. The second-order valence-corrected chi connectivity index (χ2v) is 11.7. The smallest absolute Gasteiger partial charge is 0.147 e. The molecule has 2 unspecified atom stereocenters. The molecule has 9 heteroatoms. The van der Waals surface area contributed by atoms with Crippen molar-refractivity contribution in [3.63, 3.8) is 0 Å². The van der Waals surface area contributed by atoms with Crippen LogP contribution in [0.15, 0.2) is 74.1 Å². The first-order valence-electron chi connectivity index (χ1n) is 11.7. The Morgan fingerprint density at radius 2 is 1.08 bits per heavy atom. The molecule has 37 heavy (non-hydrogen) atoms. The van der Waals surface area contributed by atoms with Crippen LogP contribution in [0.2, 0.25) is 0 Å². The van der Waals surface area contributed by atoms with Gasteiger partial charge in [0.15, 0.2) is 0 Å². The zero-order valence-electron chi connectivity index (χ0n) is 20.9. The molecule has 2 N–H and O–H groups in total. The lowest BCUT2D eigenvalue weighted by atomic mass is 9.78. The minimum Gasteiger partial charge on any atom is -0.491 e. The number of methoxy groups -OCH3 is 1. The molecule has 0 aromatic heterocycles. The molecule has 200 valence electrons. The highest BCUT2D eigenvalue weighted by atomic mass is 79.9. The highest BCUT2D eigenvalue weighted by molar-refractivity contribution is 9.11. The van der Waals surface area contributed by atoms with Crippen LogP contribution < -0.4 is 14.2 Å². The van der Waals surface area contributed by atoms with Crippen molar-refractivity contribution < 1.29 is 29.2 Å². The lowest BCUT2D eigenvalue weighted by molar-refractivity contribution is 0.0325. The van der Waals surface area contributed by atoms with Gasteiger partial charge in [-0.05, 0) is 79.4 Å². The van der Waals surface area contributed by atoms with Crippen molar-refractivity contribution in [3.8, 4) is 17.2 Å². The Labute approximate surface area is 243 Å². The van der Waals surface area contributed by atoms with E-state index in [0.29, 0.717) is 17.2 Å². The Kier molecular flexibility index (Phi) is 11.3. The minimum absolute atomic E-state index is 0.0923. The van der Waals surface area contributed by atoms with Crippen LogP contribution in [0.4, 0.5) is 0 Å². The predicted molar refractivity (Wildman–Crippen MR) is 155 cm³/mol. The molecule has 0 spiro atoms. The third kappa shape index (κ3) is 8.70. The van der Waals surface area contributed by atoms with Crippen LogP contribution in [0.5, 0.6) is 17.2 Å². The molecular weight excluding hydrogens is 672 g/mol. The van der Waals surface area contributed by atoms with Crippen LogP contribution >= 0.6 is 47.8 Å². The highest BCUT2D eigenvalue weighted by Gasteiger charge is 2.23.